The molecule has 5 heteroatoms. The molecule has 1 aromatic heterocycles. The summed E-state index contributed by atoms with van der Waals surface area (Å²) in [7, 11) is 1.97. The Kier molecular flexibility index (Phi) is 8.13. The minimum absolute atomic E-state index is 0.592. The number of nitrogens with one attached hydrogen (secondary N) is 4. The van der Waals surface area contributed by atoms with E-state index in [0.717, 1.165) is 42.3 Å². The number of thioether (sulfide) groups is 1. The van der Waals surface area contributed by atoms with Crippen molar-refractivity contribution in [2.75, 3.05) is 31.7 Å². The summed E-state index contributed by atoms with van der Waals surface area (Å²) in [5, 5.41) is 10.4. The van der Waals surface area contributed by atoms with Gasteiger partial charge in [0.2, 0.25) is 0 Å². The molecule has 1 heterocycles. The quantitative estimate of drug-likeness (QED) is 0.450. The second-order valence-electron chi connectivity index (χ2n) is 6.72. The molecule has 0 aliphatic carbocycles. The van der Waals surface area contributed by atoms with Crippen molar-refractivity contribution in [3.8, 4) is 0 Å². The standard InChI is InChI=1S/C21H32N4S/c1-6-16-13-17(26-5)7-8-19(16)25-21-18(9-12-23-21)20(10-11-22-4)24-14-15(2)3/h7-10,12-13,15,22-25H,6,11,14H2,1-5H3/b20-10+. The Morgan fingerprint density at radius 1 is 1.27 bits per heavy atom. The SMILES string of the molecule is CCc1cc(SC)ccc1Nc1[nH]ccc1/C(=C\CNC)NCC(C)C. The van der Waals surface area contributed by atoms with E-state index in [1.54, 1.807) is 11.8 Å². The average molecular weight is 373 g/mol. The Morgan fingerprint density at radius 3 is 2.73 bits per heavy atom. The lowest BCUT2D eigenvalue weighted by molar-refractivity contribution is 0.617. The molecule has 0 unspecified atom stereocenters. The summed E-state index contributed by atoms with van der Waals surface area (Å²) in [5.41, 5.74) is 4.80. The van der Waals surface area contributed by atoms with Crippen molar-refractivity contribution < 1.29 is 0 Å². The van der Waals surface area contributed by atoms with Crippen molar-refractivity contribution in [1.82, 2.24) is 15.6 Å². The minimum Gasteiger partial charge on any atom is -0.384 e. The molecule has 2 rings (SSSR count). The number of rotatable bonds is 10. The second-order valence-corrected chi connectivity index (χ2v) is 7.60. The van der Waals surface area contributed by atoms with E-state index in [1.165, 1.54) is 10.5 Å². The Labute approximate surface area is 162 Å². The van der Waals surface area contributed by atoms with E-state index < -0.39 is 0 Å². The molecule has 0 saturated heterocycles. The smallest absolute Gasteiger partial charge is 0.117 e. The van der Waals surface area contributed by atoms with Crippen LogP contribution >= 0.6 is 11.8 Å². The number of hydrogen-bond acceptors (Lipinski definition) is 4. The zero-order valence-electron chi connectivity index (χ0n) is 16.6. The maximum atomic E-state index is 3.60. The summed E-state index contributed by atoms with van der Waals surface area (Å²) >= 11 is 1.78. The molecule has 0 atom stereocenters. The lowest BCUT2D eigenvalue weighted by Gasteiger charge is -2.16. The number of hydrogen-bond donors (Lipinski definition) is 4. The molecule has 1 aromatic carbocycles. The number of benzene rings is 1. The molecule has 0 aliphatic heterocycles. The van der Waals surface area contributed by atoms with Crippen molar-refractivity contribution in [3.63, 3.8) is 0 Å². The Morgan fingerprint density at radius 2 is 2.08 bits per heavy atom. The summed E-state index contributed by atoms with van der Waals surface area (Å²) in [4.78, 5) is 4.66. The van der Waals surface area contributed by atoms with Crippen molar-refractivity contribution in [2.24, 2.45) is 5.92 Å². The van der Waals surface area contributed by atoms with Crippen LogP contribution in [-0.2, 0) is 6.42 Å². The fourth-order valence-corrected chi connectivity index (χ4v) is 3.20. The first-order valence-corrected chi connectivity index (χ1v) is 10.5. The van der Waals surface area contributed by atoms with Gasteiger partial charge >= 0.3 is 0 Å². The van der Waals surface area contributed by atoms with Gasteiger partial charge in [-0.05, 0) is 61.5 Å². The van der Waals surface area contributed by atoms with Crippen LogP contribution in [0.5, 0.6) is 0 Å². The molecule has 4 N–H and O–H groups in total. The van der Waals surface area contributed by atoms with Gasteiger partial charge in [0.15, 0.2) is 0 Å². The van der Waals surface area contributed by atoms with Crippen molar-refractivity contribution in [1.29, 1.82) is 0 Å². The summed E-state index contributed by atoms with van der Waals surface area (Å²) in [6.45, 7) is 8.42. The third kappa shape index (κ3) is 5.58. The van der Waals surface area contributed by atoms with Gasteiger partial charge in [0, 0.05) is 41.1 Å². The number of aromatic amines is 1. The largest absolute Gasteiger partial charge is 0.384 e. The highest BCUT2D eigenvalue weighted by atomic mass is 32.2. The first kappa shape index (κ1) is 20.5. The molecule has 142 valence electrons. The molecule has 2 aromatic rings. The van der Waals surface area contributed by atoms with E-state index in [0.29, 0.717) is 5.92 Å². The summed E-state index contributed by atoms with van der Waals surface area (Å²) in [5.74, 6) is 1.62. The predicted octanol–water partition coefficient (Wildman–Crippen LogP) is 4.85. The molecule has 0 fully saturated rings. The molecule has 4 nitrogen and oxygen atoms in total. The lowest BCUT2D eigenvalue weighted by atomic mass is 10.1. The fraction of sp³-hybridized carbons (Fsp3) is 0.429. The monoisotopic (exact) mass is 372 g/mol. The molecule has 0 aliphatic rings. The van der Waals surface area contributed by atoms with Gasteiger partial charge in [-0.15, -0.1) is 11.8 Å². The van der Waals surface area contributed by atoms with Crippen molar-refractivity contribution >= 4 is 29.0 Å². The third-order valence-corrected chi connectivity index (χ3v) is 4.93. The van der Waals surface area contributed by atoms with Gasteiger partial charge in [0.25, 0.3) is 0 Å². The molecule has 0 saturated carbocycles. The molecule has 0 radical (unpaired) electrons. The second kappa shape index (κ2) is 10.3. The lowest BCUT2D eigenvalue weighted by Crippen LogP contribution is -2.20. The number of anilines is 2. The molecule has 0 bridgehead atoms. The number of aryl methyl sites for hydroxylation is 1. The van der Waals surface area contributed by atoms with Crippen LogP contribution < -0.4 is 16.0 Å². The highest BCUT2D eigenvalue weighted by Gasteiger charge is 2.11. The summed E-state index contributed by atoms with van der Waals surface area (Å²) in [6, 6.07) is 8.74. The first-order chi connectivity index (χ1) is 12.6. The number of aromatic nitrogens is 1. The van der Waals surface area contributed by atoms with Gasteiger partial charge in [-0.1, -0.05) is 20.8 Å². The van der Waals surface area contributed by atoms with Gasteiger partial charge < -0.3 is 20.9 Å². The third-order valence-electron chi connectivity index (χ3n) is 4.20. The predicted molar refractivity (Wildman–Crippen MR) is 116 cm³/mol. The van der Waals surface area contributed by atoms with E-state index in [2.05, 4.69) is 78.3 Å². The number of likely N-dealkylation sites (N-methyl/N-ethyl adjacent to an activating group) is 1. The normalized spacial score (nSPS) is 11.8. The molecular formula is C21H32N4S. The maximum Gasteiger partial charge on any atom is 0.117 e. The van der Waals surface area contributed by atoms with E-state index in [1.807, 2.05) is 13.2 Å². The van der Waals surface area contributed by atoms with E-state index in [9.17, 15) is 0 Å². The number of H-pyrrole nitrogens is 1. The van der Waals surface area contributed by atoms with Crippen LogP contribution in [0.25, 0.3) is 5.70 Å². The van der Waals surface area contributed by atoms with Gasteiger partial charge in [-0.25, -0.2) is 0 Å². The molecule has 0 spiro atoms. The van der Waals surface area contributed by atoms with Gasteiger partial charge in [-0.2, -0.15) is 0 Å². The van der Waals surface area contributed by atoms with Crippen LogP contribution in [0.15, 0.2) is 41.4 Å². The topological polar surface area (TPSA) is 51.9 Å². The minimum atomic E-state index is 0.592. The first-order valence-electron chi connectivity index (χ1n) is 9.29. The average Bonchev–Trinajstić information content (AvgIpc) is 3.10. The van der Waals surface area contributed by atoms with Gasteiger partial charge in [0.05, 0.1) is 0 Å². The Bertz CT molecular complexity index is 719. The maximum absolute atomic E-state index is 3.60. The highest BCUT2D eigenvalue weighted by Crippen LogP contribution is 2.29. The summed E-state index contributed by atoms with van der Waals surface area (Å²) in [6.07, 6.45) is 7.31. The van der Waals surface area contributed by atoms with Crippen molar-refractivity contribution in [3.05, 3.63) is 47.7 Å². The van der Waals surface area contributed by atoms with Gasteiger partial charge in [0.1, 0.15) is 5.82 Å². The zero-order valence-corrected chi connectivity index (χ0v) is 17.4. The van der Waals surface area contributed by atoms with Gasteiger partial charge in [-0.3, -0.25) is 0 Å². The molecule has 26 heavy (non-hydrogen) atoms. The fourth-order valence-electron chi connectivity index (χ4n) is 2.74. The van der Waals surface area contributed by atoms with Crippen LogP contribution in [-0.4, -0.2) is 31.4 Å². The Hall–Kier alpha value is -1.85. The summed E-state index contributed by atoms with van der Waals surface area (Å²) < 4.78 is 0. The Balaban J connectivity index is 2.28. The van der Waals surface area contributed by atoms with E-state index in [-0.39, 0.29) is 0 Å². The van der Waals surface area contributed by atoms with E-state index in [4.69, 9.17) is 0 Å². The molecular weight excluding hydrogens is 340 g/mol. The zero-order chi connectivity index (χ0) is 18.9. The van der Waals surface area contributed by atoms with Crippen molar-refractivity contribution in [2.45, 2.75) is 32.1 Å². The highest BCUT2D eigenvalue weighted by molar-refractivity contribution is 7.98. The van der Waals surface area contributed by atoms with E-state index >= 15 is 0 Å². The van der Waals surface area contributed by atoms with Crippen LogP contribution in [0, 0.1) is 5.92 Å². The van der Waals surface area contributed by atoms with Crippen LogP contribution in [0.4, 0.5) is 11.5 Å². The van der Waals surface area contributed by atoms with Crippen LogP contribution in [0.2, 0.25) is 0 Å². The molecule has 0 amide bonds. The van der Waals surface area contributed by atoms with Crippen LogP contribution in [0.1, 0.15) is 31.9 Å². The van der Waals surface area contributed by atoms with Crippen LogP contribution in [0.3, 0.4) is 0 Å².